The third-order valence-corrected chi connectivity index (χ3v) is 5.88. The monoisotopic (exact) mass is 356 g/mol. The minimum atomic E-state index is -3.60. The summed E-state index contributed by atoms with van der Waals surface area (Å²) < 4.78 is 28.8. The average molecular weight is 356 g/mol. The third-order valence-electron chi connectivity index (χ3n) is 4.46. The van der Waals surface area contributed by atoms with Crippen LogP contribution in [0.1, 0.15) is 49.0 Å². The Balaban J connectivity index is 1.86. The molecular weight excluding hydrogens is 328 g/mol. The van der Waals surface area contributed by atoms with E-state index in [1.807, 2.05) is 0 Å². The van der Waals surface area contributed by atoms with Crippen molar-refractivity contribution >= 4 is 15.9 Å². The van der Waals surface area contributed by atoms with Crippen molar-refractivity contribution in [3.8, 4) is 0 Å². The zero-order chi connectivity index (χ0) is 17.6. The Kier molecular flexibility index (Phi) is 6.82. The van der Waals surface area contributed by atoms with E-state index in [1.165, 1.54) is 62.4 Å². The van der Waals surface area contributed by atoms with Gasteiger partial charge in [0.2, 0.25) is 10.0 Å². The Labute approximate surface area is 144 Å². The second-order valence-electron chi connectivity index (χ2n) is 6.29. The normalized spacial score (nSPS) is 16.8. The molecular formula is C16H28N4O3S. The molecule has 8 heteroatoms. The molecule has 0 radical (unpaired) electrons. The quantitative estimate of drug-likeness (QED) is 0.501. The molecule has 0 bridgehead atoms. The highest BCUT2D eigenvalue weighted by molar-refractivity contribution is 7.89. The lowest BCUT2D eigenvalue weighted by molar-refractivity contribution is 0.0955. The largest absolute Gasteiger partial charge is 0.354 e. The summed E-state index contributed by atoms with van der Waals surface area (Å²) in [5, 5.41) is 5.93. The van der Waals surface area contributed by atoms with Crippen LogP contribution in [0.4, 0.5) is 0 Å². The molecule has 0 aliphatic heterocycles. The first-order chi connectivity index (χ1) is 11.4. The first-order valence-corrected chi connectivity index (χ1v) is 10.0. The summed E-state index contributed by atoms with van der Waals surface area (Å²) in [5.41, 5.74) is 0.314. The van der Waals surface area contributed by atoms with Gasteiger partial charge < -0.3 is 15.2 Å². The second-order valence-corrected chi connectivity index (χ2v) is 8.06. The first-order valence-electron chi connectivity index (χ1n) is 8.55. The molecule has 0 spiro atoms. The Hall–Kier alpha value is -1.38. The Morgan fingerprint density at radius 2 is 1.88 bits per heavy atom. The van der Waals surface area contributed by atoms with E-state index in [4.69, 9.17) is 0 Å². The van der Waals surface area contributed by atoms with Gasteiger partial charge in [-0.3, -0.25) is 4.79 Å². The van der Waals surface area contributed by atoms with Gasteiger partial charge in [0.1, 0.15) is 10.6 Å². The van der Waals surface area contributed by atoms with Gasteiger partial charge in [-0.05, 0) is 18.9 Å². The molecule has 7 nitrogen and oxygen atoms in total. The molecule has 0 unspecified atom stereocenters. The lowest BCUT2D eigenvalue weighted by Gasteiger charge is -2.16. The van der Waals surface area contributed by atoms with E-state index in [1.54, 1.807) is 7.05 Å². The molecule has 1 aliphatic rings. The van der Waals surface area contributed by atoms with Gasteiger partial charge in [-0.2, -0.15) is 0 Å². The molecule has 2 rings (SSSR count). The van der Waals surface area contributed by atoms with E-state index < -0.39 is 10.0 Å². The van der Waals surface area contributed by atoms with Gasteiger partial charge in [-0.25, -0.2) is 13.1 Å². The molecule has 1 heterocycles. The smallest absolute Gasteiger partial charge is 0.267 e. The van der Waals surface area contributed by atoms with Gasteiger partial charge in [-0.1, -0.05) is 25.7 Å². The molecule has 1 aromatic rings. The number of hydrogen-bond acceptors (Lipinski definition) is 4. The van der Waals surface area contributed by atoms with Crippen molar-refractivity contribution in [2.24, 2.45) is 7.05 Å². The minimum Gasteiger partial charge on any atom is -0.354 e. The van der Waals surface area contributed by atoms with E-state index in [-0.39, 0.29) is 10.8 Å². The standard InChI is InChI=1S/C16H28N4O3S/c1-17-16(21)15-11-14(12-20(15)2)24(22,23)19-10-9-18-13-7-5-3-4-6-8-13/h11-13,18-19H,3-10H2,1-2H3,(H,17,21). The highest BCUT2D eigenvalue weighted by Crippen LogP contribution is 2.17. The summed E-state index contributed by atoms with van der Waals surface area (Å²) in [4.78, 5) is 11.8. The van der Waals surface area contributed by atoms with E-state index in [0.29, 0.717) is 24.8 Å². The summed E-state index contributed by atoms with van der Waals surface area (Å²) >= 11 is 0. The maximum Gasteiger partial charge on any atom is 0.267 e. The minimum absolute atomic E-state index is 0.109. The number of nitrogens with zero attached hydrogens (tertiary/aromatic N) is 1. The first kappa shape index (κ1) is 19.0. The molecule has 1 amide bonds. The fourth-order valence-corrected chi connectivity index (χ4v) is 4.16. The topological polar surface area (TPSA) is 92.2 Å². The highest BCUT2D eigenvalue weighted by Gasteiger charge is 2.20. The molecule has 0 aromatic carbocycles. The number of rotatable bonds is 7. The summed E-state index contributed by atoms with van der Waals surface area (Å²) in [6.07, 6.45) is 8.87. The number of aromatic nitrogens is 1. The molecule has 1 aliphatic carbocycles. The van der Waals surface area contributed by atoms with Crippen LogP contribution in [0.2, 0.25) is 0 Å². The molecule has 1 saturated carbocycles. The summed E-state index contributed by atoms with van der Waals surface area (Å²) in [5.74, 6) is -0.311. The maximum absolute atomic E-state index is 12.3. The fraction of sp³-hybridized carbons (Fsp3) is 0.688. The van der Waals surface area contributed by atoms with Crippen molar-refractivity contribution in [3.63, 3.8) is 0 Å². The van der Waals surface area contributed by atoms with E-state index in [9.17, 15) is 13.2 Å². The molecule has 0 atom stereocenters. The van der Waals surface area contributed by atoms with Gasteiger partial charge in [0.15, 0.2) is 0 Å². The van der Waals surface area contributed by atoms with Gasteiger partial charge >= 0.3 is 0 Å². The Morgan fingerprint density at radius 3 is 2.50 bits per heavy atom. The zero-order valence-corrected chi connectivity index (χ0v) is 15.3. The predicted molar refractivity (Wildman–Crippen MR) is 93.5 cm³/mol. The summed E-state index contributed by atoms with van der Waals surface area (Å²) in [6, 6.07) is 1.88. The van der Waals surface area contributed by atoms with Crippen molar-refractivity contribution in [1.82, 2.24) is 19.9 Å². The molecule has 3 N–H and O–H groups in total. The van der Waals surface area contributed by atoms with Crippen molar-refractivity contribution in [2.75, 3.05) is 20.1 Å². The van der Waals surface area contributed by atoms with Crippen molar-refractivity contribution in [1.29, 1.82) is 0 Å². The van der Waals surface area contributed by atoms with E-state index in [2.05, 4.69) is 15.4 Å². The van der Waals surface area contributed by atoms with Crippen LogP contribution in [0.5, 0.6) is 0 Å². The van der Waals surface area contributed by atoms with Crippen molar-refractivity contribution < 1.29 is 13.2 Å². The van der Waals surface area contributed by atoms with E-state index in [0.717, 1.165) is 0 Å². The summed E-state index contributed by atoms with van der Waals surface area (Å²) in [6.45, 7) is 0.946. The molecule has 1 fully saturated rings. The SMILES string of the molecule is CNC(=O)c1cc(S(=O)(=O)NCCNC2CCCCCC2)cn1C. The van der Waals surface area contributed by atoms with Gasteiger partial charge in [-0.15, -0.1) is 0 Å². The van der Waals surface area contributed by atoms with Crippen LogP contribution < -0.4 is 15.4 Å². The molecule has 0 saturated heterocycles. The number of sulfonamides is 1. The molecule has 24 heavy (non-hydrogen) atoms. The van der Waals surface area contributed by atoms with Crippen LogP contribution in [-0.2, 0) is 17.1 Å². The highest BCUT2D eigenvalue weighted by atomic mass is 32.2. The number of aryl methyl sites for hydroxylation is 1. The van der Waals surface area contributed by atoms with Gasteiger partial charge in [0.25, 0.3) is 5.91 Å². The van der Waals surface area contributed by atoms with Gasteiger partial charge in [0.05, 0.1) is 0 Å². The van der Waals surface area contributed by atoms with Crippen molar-refractivity contribution in [2.45, 2.75) is 49.5 Å². The third kappa shape index (κ3) is 5.06. The maximum atomic E-state index is 12.3. The van der Waals surface area contributed by atoms with E-state index >= 15 is 0 Å². The number of nitrogens with one attached hydrogen (secondary N) is 3. The molecule has 1 aromatic heterocycles. The number of carbonyl (C=O) groups excluding carboxylic acids is 1. The average Bonchev–Trinajstić information content (AvgIpc) is 2.78. The summed E-state index contributed by atoms with van der Waals surface area (Å²) in [7, 11) is -0.440. The number of carbonyl (C=O) groups is 1. The Bertz CT molecular complexity index is 646. The fourth-order valence-electron chi connectivity index (χ4n) is 3.06. The molecule has 136 valence electrons. The van der Waals surface area contributed by atoms with Crippen LogP contribution in [-0.4, -0.2) is 45.1 Å². The zero-order valence-electron chi connectivity index (χ0n) is 14.5. The van der Waals surface area contributed by atoms with Crippen LogP contribution in [0.15, 0.2) is 17.2 Å². The number of hydrogen-bond donors (Lipinski definition) is 3. The van der Waals surface area contributed by atoms with Crippen LogP contribution >= 0.6 is 0 Å². The van der Waals surface area contributed by atoms with Crippen LogP contribution in [0.25, 0.3) is 0 Å². The van der Waals surface area contributed by atoms with Gasteiger partial charge in [0, 0.05) is 39.4 Å². The predicted octanol–water partition coefficient (Wildman–Crippen LogP) is 0.975. The lowest BCUT2D eigenvalue weighted by atomic mass is 10.1. The second kappa shape index (κ2) is 8.64. The number of amides is 1. The van der Waals surface area contributed by atoms with Crippen LogP contribution in [0, 0.1) is 0 Å². The lowest BCUT2D eigenvalue weighted by Crippen LogP contribution is -2.36. The van der Waals surface area contributed by atoms with Crippen molar-refractivity contribution in [3.05, 3.63) is 18.0 Å². The van der Waals surface area contributed by atoms with Crippen LogP contribution in [0.3, 0.4) is 0 Å². The Morgan fingerprint density at radius 1 is 1.21 bits per heavy atom.